The molecule has 0 unspecified atom stereocenters. The van der Waals surface area contributed by atoms with Crippen molar-refractivity contribution in [2.45, 2.75) is 57.8 Å². The van der Waals surface area contributed by atoms with Crippen LogP contribution in [-0.4, -0.2) is 64.9 Å². The van der Waals surface area contributed by atoms with Crippen molar-refractivity contribution in [3.63, 3.8) is 0 Å². The minimum Gasteiger partial charge on any atom is -0.386 e. The molecule has 0 aromatic rings. The largest absolute Gasteiger partial charge is 0.386 e. The van der Waals surface area contributed by atoms with Gasteiger partial charge in [0.05, 0.1) is 12.1 Å². The minimum atomic E-state index is -1.09. The van der Waals surface area contributed by atoms with Gasteiger partial charge >= 0.3 is 0 Å². The first-order valence-electron chi connectivity index (χ1n) is 5.81. The fourth-order valence-corrected chi connectivity index (χ4v) is 2.02. The lowest BCUT2D eigenvalue weighted by Crippen LogP contribution is -2.59. The Bertz CT molecular complexity index is 225. The Balaban J connectivity index is 2.69. The molecule has 0 radical (unpaired) electrons. The molecule has 5 heteroatoms. The lowest BCUT2D eigenvalue weighted by molar-refractivity contribution is -0.247. The molecule has 0 saturated carbocycles. The van der Waals surface area contributed by atoms with Gasteiger partial charge in [0.25, 0.3) is 0 Å². The normalized spacial score (nSPS) is 36.4. The van der Waals surface area contributed by atoms with Gasteiger partial charge in [-0.1, -0.05) is 0 Å². The lowest BCUT2D eigenvalue weighted by Gasteiger charge is -2.44. The van der Waals surface area contributed by atoms with Crippen LogP contribution in [0.25, 0.3) is 0 Å². The third-order valence-corrected chi connectivity index (χ3v) is 3.36. The molecular weight excluding hydrogens is 208 g/mol. The predicted octanol–water partition coefficient (Wildman–Crippen LogP) is 0.0301. The number of hydrazine groups is 1. The van der Waals surface area contributed by atoms with Crippen LogP contribution in [0.1, 0.15) is 27.2 Å². The Morgan fingerprint density at radius 3 is 2.31 bits per heavy atom. The van der Waals surface area contributed by atoms with Crippen LogP contribution < -0.4 is 0 Å². The van der Waals surface area contributed by atoms with Gasteiger partial charge in [-0.05, 0) is 27.2 Å². The van der Waals surface area contributed by atoms with E-state index in [9.17, 15) is 10.2 Å². The number of aliphatic hydroxyl groups excluding tert-OH is 2. The first-order valence-corrected chi connectivity index (χ1v) is 5.81. The standard InChI is InChI=1S/C11H24N2O3/c1-7(2)12(4)13(5)9-6-8(3)16-11(15)10(9)14/h7-11,14-15H,6H2,1-5H3/t8-,9+,10-,11-/m1/s1. The van der Waals surface area contributed by atoms with Crippen LogP contribution in [0.2, 0.25) is 0 Å². The molecule has 0 spiro atoms. The first-order chi connectivity index (χ1) is 7.34. The highest BCUT2D eigenvalue weighted by molar-refractivity contribution is 4.85. The average molecular weight is 232 g/mol. The Hall–Kier alpha value is -0.200. The first kappa shape index (κ1) is 13.9. The molecule has 0 aliphatic carbocycles. The van der Waals surface area contributed by atoms with E-state index in [1.165, 1.54) is 0 Å². The van der Waals surface area contributed by atoms with Gasteiger partial charge in [0, 0.05) is 20.1 Å². The van der Waals surface area contributed by atoms with Crippen LogP contribution in [0.5, 0.6) is 0 Å². The maximum absolute atomic E-state index is 9.91. The number of likely N-dealkylation sites (N-methyl/N-ethyl adjacent to an activating group) is 1. The lowest BCUT2D eigenvalue weighted by atomic mass is 10.00. The molecule has 1 rings (SSSR count). The smallest absolute Gasteiger partial charge is 0.182 e. The molecule has 0 amide bonds. The number of aliphatic hydroxyl groups is 2. The van der Waals surface area contributed by atoms with Gasteiger partial charge in [-0.3, -0.25) is 0 Å². The Morgan fingerprint density at radius 2 is 1.81 bits per heavy atom. The summed E-state index contributed by atoms with van der Waals surface area (Å²) in [7, 11) is 3.91. The second-order valence-corrected chi connectivity index (χ2v) is 4.87. The quantitative estimate of drug-likeness (QED) is 0.672. The summed E-state index contributed by atoms with van der Waals surface area (Å²) in [6, 6.07) is 0.249. The van der Waals surface area contributed by atoms with E-state index >= 15 is 0 Å². The van der Waals surface area contributed by atoms with Crippen molar-refractivity contribution in [1.82, 2.24) is 10.0 Å². The number of ether oxygens (including phenoxy) is 1. The average Bonchev–Trinajstić information content (AvgIpc) is 2.21. The van der Waals surface area contributed by atoms with Crippen molar-refractivity contribution in [2.75, 3.05) is 14.1 Å². The molecule has 4 atom stereocenters. The van der Waals surface area contributed by atoms with E-state index in [-0.39, 0.29) is 12.1 Å². The van der Waals surface area contributed by atoms with Crippen molar-refractivity contribution in [3.05, 3.63) is 0 Å². The van der Waals surface area contributed by atoms with Gasteiger partial charge in [-0.15, -0.1) is 0 Å². The van der Waals surface area contributed by atoms with Gasteiger partial charge in [0.1, 0.15) is 6.10 Å². The Labute approximate surface area is 97.6 Å². The maximum Gasteiger partial charge on any atom is 0.182 e. The van der Waals surface area contributed by atoms with Gasteiger partial charge in [-0.2, -0.15) is 0 Å². The molecule has 0 aromatic heterocycles. The zero-order valence-electron chi connectivity index (χ0n) is 10.8. The summed E-state index contributed by atoms with van der Waals surface area (Å²) in [6.07, 6.45) is -1.27. The van der Waals surface area contributed by atoms with Crippen LogP contribution in [0.3, 0.4) is 0 Å². The summed E-state index contributed by atoms with van der Waals surface area (Å²) in [6.45, 7) is 6.08. The number of hydrogen-bond donors (Lipinski definition) is 2. The van der Waals surface area contributed by atoms with Gasteiger partial charge in [0.15, 0.2) is 6.29 Å². The minimum absolute atomic E-state index is 0.0357. The van der Waals surface area contributed by atoms with E-state index in [1.807, 2.05) is 26.0 Å². The maximum atomic E-state index is 9.91. The molecule has 0 aromatic carbocycles. The summed E-state index contributed by atoms with van der Waals surface area (Å²) < 4.78 is 5.18. The second kappa shape index (κ2) is 5.42. The Kier molecular flexibility index (Phi) is 4.70. The Morgan fingerprint density at radius 1 is 1.25 bits per heavy atom. The zero-order valence-corrected chi connectivity index (χ0v) is 10.8. The van der Waals surface area contributed by atoms with Crippen LogP contribution in [0, 0.1) is 0 Å². The van der Waals surface area contributed by atoms with Gasteiger partial charge in [-0.25, -0.2) is 10.0 Å². The predicted molar refractivity (Wildman–Crippen MR) is 61.6 cm³/mol. The molecule has 1 saturated heterocycles. The second-order valence-electron chi connectivity index (χ2n) is 4.87. The molecular formula is C11H24N2O3. The highest BCUT2D eigenvalue weighted by atomic mass is 16.6. The third kappa shape index (κ3) is 2.93. The van der Waals surface area contributed by atoms with Crippen molar-refractivity contribution < 1.29 is 14.9 Å². The van der Waals surface area contributed by atoms with E-state index in [4.69, 9.17) is 4.74 Å². The molecule has 16 heavy (non-hydrogen) atoms. The number of hydrogen-bond acceptors (Lipinski definition) is 5. The molecule has 2 N–H and O–H groups in total. The molecule has 1 fully saturated rings. The van der Waals surface area contributed by atoms with Crippen molar-refractivity contribution in [2.24, 2.45) is 0 Å². The van der Waals surface area contributed by atoms with E-state index in [0.29, 0.717) is 12.5 Å². The summed E-state index contributed by atoms with van der Waals surface area (Å²) >= 11 is 0. The topological polar surface area (TPSA) is 56.2 Å². The summed E-state index contributed by atoms with van der Waals surface area (Å²) in [5, 5.41) is 23.5. The molecule has 1 aliphatic rings. The summed E-state index contributed by atoms with van der Waals surface area (Å²) in [5.74, 6) is 0. The van der Waals surface area contributed by atoms with Crippen molar-refractivity contribution >= 4 is 0 Å². The van der Waals surface area contributed by atoms with E-state index < -0.39 is 12.4 Å². The molecule has 5 nitrogen and oxygen atoms in total. The van der Waals surface area contributed by atoms with Crippen LogP contribution in [0.4, 0.5) is 0 Å². The van der Waals surface area contributed by atoms with Gasteiger partial charge in [0.2, 0.25) is 0 Å². The summed E-state index contributed by atoms with van der Waals surface area (Å²) in [5.41, 5.74) is 0. The highest BCUT2D eigenvalue weighted by Crippen LogP contribution is 2.23. The van der Waals surface area contributed by atoms with Crippen LogP contribution in [0.15, 0.2) is 0 Å². The SMILES string of the molecule is CC(C)N(C)N(C)[C@H]1C[C@@H](C)O[C@@H](O)[C@@H]1O. The zero-order chi connectivity index (χ0) is 12.5. The number of nitrogens with zero attached hydrogens (tertiary/aromatic N) is 2. The van der Waals surface area contributed by atoms with E-state index in [0.717, 1.165) is 0 Å². The van der Waals surface area contributed by atoms with Crippen molar-refractivity contribution in [3.8, 4) is 0 Å². The third-order valence-electron chi connectivity index (χ3n) is 3.36. The van der Waals surface area contributed by atoms with Crippen LogP contribution >= 0.6 is 0 Å². The van der Waals surface area contributed by atoms with E-state index in [1.54, 1.807) is 0 Å². The van der Waals surface area contributed by atoms with Crippen molar-refractivity contribution in [1.29, 1.82) is 0 Å². The fraction of sp³-hybridized carbons (Fsp3) is 1.00. The number of rotatable bonds is 3. The van der Waals surface area contributed by atoms with Crippen LogP contribution in [-0.2, 0) is 4.74 Å². The summed E-state index contributed by atoms with van der Waals surface area (Å²) in [4.78, 5) is 0. The molecule has 1 heterocycles. The van der Waals surface area contributed by atoms with Gasteiger partial charge < -0.3 is 14.9 Å². The monoisotopic (exact) mass is 232 g/mol. The molecule has 1 aliphatic heterocycles. The fourth-order valence-electron chi connectivity index (χ4n) is 2.02. The molecule has 0 bridgehead atoms. The highest BCUT2D eigenvalue weighted by Gasteiger charge is 2.38. The molecule has 96 valence electrons. The van der Waals surface area contributed by atoms with E-state index in [2.05, 4.69) is 18.9 Å².